The van der Waals surface area contributed by atoms with Gasteiger partial charge < -0.3 is 10.7 Å². The van der Waals surface area contributed by atoms with Crippen molar-refractivity contribution < 1.29 is 4.92 Å². The lowest BCUT2D eigenvalue weighted by Crippen LogP contribution is -2.10. The Kier molecular flexibility index (Phi) is 3.99. The van der Waals surface area contributed by atoms with E-state index in [1.807, 2.05) is 0 Å². The van der Waals surface area contributed by atoms with Crippen LogP contribution in [-0.4, -0.2) is 17.7 Å². The molecule has 0 amide bonds. The molecule has 1 rings (SSSR count). The summed E-state index contributed by atoms with van der Waals surface area (Å²) >= 11 is 0. The van der Waals surface area contributed by atoms with E-state index < -0.39 is 4.92 Å². The third kappa shape index (κ3) is 2.79. The van der Waals surface area contributed by atoms with Gasteiger partial charge in [0.1, 0.15) is 0 Å². The highest BCUT2D eigenvalue weighted by Crippen LogP contribution is 2.24. The Morgan fingerprint density at radius 3 is 2.75 bits per heavy atom. The first-order valence-electron chi connectivity index (χ1n) is 5.08. The first-order valence-corrected chi connectivity index (χ1v) is 5.08. The number of rotatable bonds is 5. The first kappa shape index (κ1) is 12.2. The van der Waals surface area contributed by atoms with Crippen molar-refractivity contribution in [2.75, 3.05) is 11.9 Å². The second-order valence-electron chi connectivity index (χ2n) is 3.91. The van der Waals surface area contributed by atoms with Gasteiger partial charge in [-0.25, -0.2) is 0 Å². The van der Waals surface area contributed by atoms with Gasteiger partial charge in [-0.15, -0.1) is 0 Å². The molecule has 0 aromatic heterocycles. The first-order chi connectivity index (χ1) is 7.56. The summed E-state index contributed by atoms with van der Waals surface area (Å²) < 4.78 is 0. The van der Waals surface area contributed by atoms with Crippen molar-refractivity contribution in [2.24, 2.45) is 5.92 Å². The van der Waals surface area contributed by atoms with Gasteiger partial charge in [0.05, 0.1) is 10.5 Å². The minimum atomic E-state index is -0.471. The van der Waals surface area contributed by atoms with Crippen LogP contribution in [0.4, 0.5) is 11.4 Å². The summed E-state index contributed by atoms with van der Waals surface area (Å²) in [5, 5.41) is 21.1. The maximum atomic E-state index is 10.7. The van der Waals surface area contributed by atoms with E-state index in [0.29, 0.717) is 17.2 Å². The van der Waals surface area contributed by atoms with Crippen molar-refractivity contribution in [1.29, 1.82) is 5.41 Å². The summed E-state index contributed by atoms with van der Waals surface area (Å²) in [6.07, 6.45) is 1.01. The lowest BCUT2D eigenvalue weighted by Gasteiger charge is -2.11. The Balaban J connectivity index is 3.04. The minimum Gasteiger partial charge on any atom is -0.384 e. The zero-order valence-electron chi connectivity index (χ0n) is 9.36. The second-order valence-corrected chi connectivity index (χ2v) is 3.91. The Morgan fingerprint density at radius 1 is 1.56 bits per heavy atom. The normalized spacial score (nSPS) is 10.2. The number of benzene rings is 1. The lowest BCUT2D eigenvalue weighted by molar-refractivity contribution is -0.384. The molecule has 0 unspecified atom stereocenters. The molecule has 0 saturated carbocycles. The molecule has 1 aromatic carbocycles. The monoisotopic (exact) mass is 221 g/mol. The largest absolute Gasteiger partial charge is 0.384 e. The third-order valence-electron chi connectivity index (χ3n) is 2.12. The number of hydrogen-bond donors (Lipinski definition) is 2. The van der Waals surface area contributed by atoms with E-state index in [1.165, 1.54) is 6.07 Å². The van der Waals surface area contributed by atoms with Crippen LogP contribution in [0.15, 0.2) is 18.2 Å². The van der Waals surface area contributed by atoms with Gasteiger partial charge in [-0.1, -0.05) is 19.9 Å². The Hall–Kier alpha value is -1.91. The molecule has 16 heavy (non-hydrogen) atoms. The summed E-state index contributed by atoms with van der Waals surface area (Å²) in [6.45, 7) is 4.82. The highest BCUT2D eigenvalue weighted by atomic mass is 16.6. The van der Waals surface area contributed by atoms with E-state index in [0.717, 1.165) is 12.8 Å². The van der Waals surface area contributed by atoms with Gasteiger partial charge >= 0.3 is 0 Å². The average molecular weight is 221 g/mol. The fourth-order valence-corrected chi connectivity index (χ4v) is 1.33. The van der Waals surface area contributed by atoms with Crippen molar-refractivity contribution in [3.63, 3.8) is 0 Å². The van der Waals surface area contributed by atoms with Crippen LogP contribution in [0.1, 0.15) is 19.4 Å². The summed E-state index contributed by atoms with van der Waals surface area (Å²) in [5.74, 6) is 0.442. The smallest absolute Gasteiger partial charge is 0.280 e. The Morgan fingerprint density at radius 2 is 2.25 bits per heavy atom. The zero-order chi connectivity index (χ0) is 12.1. The number of nitro groups is 1. The van der Waals surface area contributed by atoms with E-state index in [-0.39, 0.29) is 5.69 Å². The number of nitrogens with one attached hydrogen (secondary N) is 2. The van der Waals surface area contributed by atoms with Gasteiger partial charge in [0.25, 0.3) is 5.69 Å². The molecular formula is C11H15N3O2. The maximum absolute atomic E-state index is 10.7. The van der Waals surface area contributed by atoms with Crippen molar-refractivity contribution in [2.45, 2.75) is 13.8 Å². The van der Waals surface area contributed by atoms with Gasteiger partial charge in [-0.2, -0.15) is 0 Å². The minimum absolute atomic E-state index is 0.0382. The Bertz CT molecular complexity index is 402. The predicted octanol–water partition coefficient (Wildman–Crippen LogP) is 2.66. The average Bonchev–Trinajstić information content (AvgIpc) is 2.25. The number of nitrogens with zero attached hydrogens (tertiary/aromatic N) is 1. The molecular weight excluding hydrogens is 206 g/mol. The third-order valence-corrected chi connectivity index (χ3v) is 2.12. The van der Waals surface area contributed by atoms with Crippen molar-refractivity contribution >= 4 is 17.6 Å². The van der Waals surface area contributed by atoms with Gasteiger partial charge in [-0.05, 0) is 12.0 Å². The molecule has 0 heterocycles. The summed E-state index contributed by atoms with van der Waals surface area (Å²) in [6, 6.07) is 4.77. The molecule has 0 aliphatic rings. The summed E-state index contributed by atoms with van der Waals surface area (Å²) in [4.78, 5) is 10.3. The molecule has 0 radical (unpaired) electrons. The van der Waals surface area contributed by atoms with Crippen LogP contribution in [0.3, 0.4) is 0 Å². The van der Waals surface area contributed by atoms with Crippen LogP contribution < -0.4 is 5.32 Å². The molecule has 86 valence electrons. The van der Waals surface area contributed by atoms with Crippen LogP contribution >= 0.6 is 0 Å². The molecule has 0 saturated heterocycles. The molecule has 0 fully saturated rings. The zero-order valence-corrected chi connectivity index (χ0v) is 9.36. The Labute approximate surface area is 94.1 Å². The second kappa shape index (κ2) is 5.25. The van der Waals surface area contributed by atoms with Crippen LogP contribution in [0, 0.1) is 21.4 Å². The highest BCUT2D eigenvalue weighted by molar-refractivity contribution is 5.91. The standard InChI is InChI=1S/C11H15N3O2/c1-8(2)7-13-10-4-3-5-11(14(15)16)9(10)6-12/h3-6,8,12-13H,7H2,1-2H3. The van der Waals surface area contributed by atoms with Gasteiger partial charge in [0, 0.05) is 24.5 Å². The molecule has 0 aliphatic carbocycles. The number of anilines is 1. The van der Waals surface area contributed by atoms with Gasteiger partial charge in [0.15, 0.2) is 0 Å². The number of hydrogen-bond acceptors (Lipinski definition) is 4. The van der Waals surface area contributed by atoms with Crippen LogP contribution in [0.5, 0.6) is 0 Å². The van der Waals surface area contributed by atoms with Crippen LogP contribution in [0.25, 0.3) is 0 Å². The number of nitro benzene ring substituents is 1. The van der Waals surface area contributed by atoms with Gasteiger partial charge in [-0.3, -0.25) is 10.1 Å². The van der Waals surface area contributed by atoms with Crippen LogP contribution in [0.2, 0.25) is 0 Å². The maximum Gasteiger partial charge on any atom is 0.280 e. The van der Waals surface area contributed by atoms with Crippen LogP contribution in [-0.2, 0) is 0 Å². The fraction of sp³-hybridized carbons (Fsp3) is 0.364. The molecule has 1 aromatic rings. The SMILES string of the molecule is CC(C)CNc1cccc([N+](=O)[O-])c1C=N. The quantitative estimate of drug-likeness (QED) is 0.455. The highest BCUT2D eigenvalue weighted by Gasteiger charge is 2.15. The fourth-order valence-electron chi connectivity index (χ4n) is 1.33. The summed E-state index contributed by atoms with van der Waals surface area (Å²) in [5.41, 5.74) is 0.926. The lowest BCUT2D eigenvalue weighted by atomic mass is 10.1. The topological polar surface area (TPSA) is 79.0 Å². The van der Waals surface area contributed by atoms with E-state index >= 15 is 0 Å². The molecule has 0 spiro atoms. The molecule has 5 heteroatoms. The van der Waals surface area contributed by atoms with Crippen molar-refractivity contribution in [1.82, 2.24) is 0 Å². The van der Waals surface area contributed by atoms with E-state index in [4.69, 9.17) is 5.41 Å². The van der Waals surface area contributed by atoms with E-state index in [1.54, 1.807) is 12.1 Å². The molecule has 0 atom stereocenters. The van der Waals surface area contributed by atoms with Gasteiger partial charge in [0.2, 0.25) is 0 Å². The van der Waals surface area contributed by atoms with E-state index in [9.17, 15) is 10.1 Å². The van der Waals surface area contributed by atoms with Crippen molar-refractivity contribution in [3.8, 4) is 0 Å². The molecule has 0 bridgehead atoms. The van der Waals surface area contributed by atoms with E-state index in [2.05, 4.69) is 19.2 Å². The summed E-state index contributed by atoms with van der Waals surface area (Å²) in [7, 11) is 0. The van der Waals surface area contributed by atoms with Crippen molar-refractivity contribution in [3.05, 3.63) is 33.9 Å². The molecule has 2 N–H and O–H groups in total. The molecule has 5 nitrogen and oxygen atoms in total. The molecule has 0 aliphatic heterocycles. The predicted molar refractivity (Wildman–Crippen MR) is 64.3 cm³/mol.